The van der Waals surface area contributed by atoms with Gasteiger partial charge in [-0.15, -0.1) is 0 Å². The number of aldehydes is 1. The Balaban J connectivity index is 3.01. The van der Waals surface area contributed by atoms with E-state index in [9.17, 15) is 4.79 Å². The second kappa shape index (κ2) is 4.61. The fourth-order valence-electron chi connectivity index (χ4n) is 1.40. The van der Waals surface area contributed by atoms with Gasteiger partial charge in [0.2, 0.25) is 0 Å². The van der Waals surface area contributed by atoms with Crippen LogP contribution in [0.5, 0.6) is 0 Å². The molecule has 74 valence electrons. The molecule has 2 N–H and O–H groups in total. The first-order valence-electron chi connectivity index (χ1n) is 4.62. The van der Waals surface area contributed by atoms with Gasteiger partial charge in [0.05, 0.1) is 0 Å². The van der Waals surface area contributed by atoms with Gasteiger partial charge in [-0.3, -0.25) is 0 Å². The second-order valence-corrected chi connectivity index (χ2v) is 3.39. The third-order valence-electron chi connectivity index (χ3n) is 2.09. The zero-order valence-electron chi connectivity index (χ0n) is 8.58. The van der Waals surface area contributed by atoms with Gasteiger partial charge in [-0.25, -0.2) is 0 Å². The van der Waals surface area contributed by atoms with Gasteiger partial charge in [-0.1, -0.05) is 23.8 Å². The van der Waals surface area contributed by atoms with Crippen LogP contribution in [0.25, 0.3) is 6.08 Å². The summed E-state index contributed by atoms with van der Waals surface area (Å²) in [5.41, 5.74) is 9.94. The monoisotopic (exact) mass is 189 g/mol. The average molecular weight is 189 g/mol. The molecule has 0 unspecified atom stereocenters. The Bertz CT molecular complexity index is 367. The van der Waals surface area contributed by atoms with Crippen LogP contribution < -0.4 is 5.73 Å². The maximum absolute atomic E-state index is 10.1. The zero-order valence-corrected chi connectivity index (χ0v) is 8.58. The van der Waals surface area contributed by atoms with Gasteiger partial charge in [0.15, 0.2) is 0 Å². The van der Waals surface area contributed by atoms with Crippen molar-refractivity contribution >= 4 is 18.0 Å². The molecule has 0 bridgehead atoms. The first kappa shape index (κ1) is 10.5. The van der Waals surface area contributed by atoms with Gasteiger partial charge in [-0.2, -0.15) is 0 Å². The maximum atomic E-state index is 10.1. The summed E-state index contributed by atoms with van der Waals surface area (Å²) in [5, 5.41) is 0. The van der Waals surface area contributed by atoms with Crippen LogP contribution in [-0.4, -0.2) is 6.29 Å². The molecule has 1 aromatic rings. The van der Waals surface area contributed by atoms with Crippen LogP contribution in [0.2, 0.25) is 0 Å². The number of allylic oxidation sites excluding steroid dienone is 1. The molecule has 0 aliphatic heterocycles. The highest BCUT2D eigenvalue weighted by Crippen LogP contribution is 2.20. The third-order valence-corrected chi connectivity index (χ3v) is 2.09. The first-order chi connectivity index (χ1) is 6.65. The van der Waals surface area contributed by atoms with E-state index in [-0.39, 0.29) is 0 Å². The Morgan fingerprint density at radius 3 is 2.71 bits per heavy atom. The summed E-state index contributed by atoms with van der Waals surface area (Å²) < 4.78 is 0. The second-order valence-electron chi connectivity index (χ2n) is 3.39. The summed E-state index contributed by atoms with van der Waals surface area (Å²) in [7, 11) is 0. The Morgan fingerprint density at radius 1 is 1.36 bits per heavy atom. The molecular weight excluding hydrogens is 174 g/mol. The van der Waals surface area contributed by atoms with Crippen LogP contribution in [0.3, 0.4) is 0 Å². The van der Waals surface area contributed by atoms with Crippen molar-refractivity contribution in [2.75, 3.05) is 5.73 Å². The van der Waals surface area contributed by atoms with E-state index in [0.29, 0.717) is 6.42 Å². The van der Waals surface area contributed by atoms with Crippen LogP contribution in [-0.2, 0) is 4.79 Å². The van der Waals surface area contributed by atoms with Crippen molar-refractivity contribution in [3.63, 3.8) is 0 Å². The highest BCUT2D eigenvalue weighted by molar-refractivity contribution is 5.69. The Labute approximate surface area is 84.4 Å². The number of benzene rings is 1. The fourth-order valence-corrected chi connectivity index (χ4v) is 1.40. The Morgan fingerprint density at radius 2 is 2.07 bits per heavy atom. The minimum Gasteiger partial charge on any atom is -0.398 e. The van der Waals surface area contributed by atoms with E-state index in [2.05, 4.69) is 0 Å². The lowest BCUT2D eigenvalue weighted by molar-refractivity contribution is -0.107. The molecule has 0 aliphatic rings. The lowest BCUT2D eigenvalue weighted by Gasteiger charge is -2.06. The predicted molar refractivity (Wildman–Crippen MR) is 60.0 cm³/mol. The zero-order chi connectivity index (χ0) is 10.6. The number of hydrogen-bond donors (Lipinski definition) is 1. The minimum absolute atomic E-state index is 0.437. The summed E-state index contributed by atoms with van der Waals surface area (Å²) >= 11 is 0. The lowest BCUT2D eigenvalue weighted by Crippen LogP contribution is -1.94. The molecule has 0 aliphatic carbocycles. The van der Waals surface area contributed by atoms with Gasteiger partial charge >= 0.3 is 0 Å². The molecule has 2 nitrogen and oxygen atoms in total. The Hall–Kier alpha value is -1.57. The highest BCUT2D eigenvalue weighted by Gasteiger charge is 1.99. The van der Waals surface area contributed by atoms with Crippen LogP contribution in [0, 0.1) is 13.8 Å². The van der Waals surface area contributed by atoms with Crippen molar-refractivity contribution in [2.45, 2.75) is 20.3 Å². The molecule has 0 spiro atoms. The largest absolute Gasteiger partial charge is 0.398 e. The molecule has 0 aromatic heterocycles. The number of anilines is 1. The molecule has 0 radical (unpaired) electrons. The van der Waals surface area contributed by atoms with Crippen LogP contribution in [0.1, 0.15) is 23.1 Å². The van der Waals surface area contributed by atoms with E-state index in [4.69, 9.17) is 5.73 Å². The van der Waals surface area contributed by atoms with Crippen molar-refractivity contribution in [1.29, 1.82) is 0 Å². The normalized spacial score (nSPS) is 10.7. The van der Waals surface area contributed by atoms with E-state index in [1.54, 1.807) is 0 Å². The summed E-state index contributed by atoms with van der Waals surface area (Å²) in [6, 6.07) is 4.07. The predicted octanol–water partition coefficient (Wildman–Crippen LogP) is 2.49. The molecule has 2 heteroatoms. The third kappa shape index (κ3) is 2.46. The summed E-state index contributed by atoms with van der Waals surface area (Å²) in [6.07, 6.45) is 5.02. The number of hydrogen-bond acceptors (Lipinski definition) is 2. The number of nitrogen functional groups attached to an aromatic ring is 1. The minimum atomic E-state index is 0.437. The van der Waals surface area contributed by atoms with Gasteiger partial charge in [-0.05, 0) is 31.0 Å². The van der Waals surface area contributed by atoms with E-state index >= 15 is 0 Å². The molecule has 0 fully saturated rings. The fraction of sp³-hybridized carbons (Fsp3) is 0.250. The van der Waals surface area contributed by atoms with E-state index in [0.717, 1.165) is 23.1 Å². The topological polar surface area (TPSA) is 43.1 Å². The molecule has 0 heterocycles. The standard InChI is InChI=1S/C12H15NO/c1-9-7-10(2)12(13)11(8-9)5-3-4-6-14/h3,5-8H,4,13H2,1-2H3. The smallest absolute Gasteiger partial charge is 0.123 e. The number of carbonyl (C=O) groups excluding carboxylic acids is 1. The van der Waals surface area contributed by atoms with Crippen LogP contribution >= 0.6 is 0 Å². The quantitative estimate of drug-likeness (QED) is 0.586. The summed E-state index contributed by atoms with van der Waals surface area (Å²) in [5.74, 6) is 0. The molecule has 1 rings (SSSR count). The SMILES string of the molecule is Cc1cc(C)c(N)c(C=CCC=O)c1. The van der Waals surface area contributed by atoms with Crippen molar-refractivity contribution in [3.05, 3.63) is 34.9 Å². The summed E-state index contributed by atoms with van der Waals surface area (Å²) in [6.45, 7) is 4.02. The molecule has 0 saturated heterocycles. The molecule has 0 amide bonds. The maximum Gasteiger partial charge on any atom is 0.123 e. The van der Waals surface area contributed by atoms with Gasteiger partial charge in [0, 0.05) is 12.1 Å². The summed E-state index contributed by atoms with van der Waals surface area (Å²) in [4.78, 5) is 10.1. The average Bonchev–Trinajstić information content (AvgIpc) is 2.13. The van der Waals surface area contributed by atoms with Crippen molar-refractivity contribution < 1.29 is 4.79 Å². The van der Waals surface area contributed by atoms with Gasteiger partial charge in [0.1, 0.15) is 6.29 Å². The number of nitrogens with two attached hydrogens (primary N) is 1. The van der Waals surface area contributed by atoms with Crippen LogP contribution in [0.15, 0.2) is 18.2 Å². The van der Waals surface area contributed by atoms with Crippen molar-refractivity contribution in [3.8, 4) is 0 Å². The molecule has 0 saturated carbocycles. The number of carbonyl (C=O) groups is 1. The van der Waals surface area contributed by atoms with E-state index in [1.165, 1.54) is 5.56 Å². The van der Waals surface area contributed by atoms with Gasteiger partial charge < -0.3 is 10.5 Å². The van der Waals surface area contributed by atoms with Crippen LogP contribution in [0.4, 0.5) is 5.69 Å². The van der Waals surface area contributed by atoms with Crippen molar-refractivity contribution in [1.82, 2.24) is 0 Å². The highest BCUT2D eigenvalue weighted by atomic mass is 16.1. The molecule has 0 atom stereocenters. The first-order valence-corrected chi connectivity index (χ1v) is 4.62. The van der Waals surface area contributed by atoms with Crippen molar-refractivity contribution in [2.24, 2.45) is 0 Å². The lowest BCUT2D eigenvalue weighted by atomic mass is 10.0. The van der Waals surface area contributed by atoms with E-state index < -0.39 is 0 Å². The molecule has 1 aromatic carbocycles. The Kier molecular flexibility index (Phi) is 3.46. The molecule has 14 heavy (non-hydrogen) atoms. The van der Waals surface area contributed by atoms with E-state index in [1.807, 2.05) is 38.1 Å². The number of rotatable bonds is 3. The molecular formula is C12H15NO. The van der Waals surface area contributed by atoms with Gasteiger partial charge in [0.25, 0.3) is 0 Å². The number of aryl methyl sites for hydroxylation is 2.